The molecule has 0 saturated carbocycles. The Morgan fingerprint density at radius 3 is 2.58 bits per heavy atom. The van der Waals surface area contributed by atoms with Crippen LogP contribution in [0.25, 0.3) is 17.1 Å². The first-order chi connectivity index (χ1) is 21.4. The van der Waals surface area contributed by atoms with Gasteiger partial charge in [-0.1, -0.05) is 55.4 Å². The van der Waals surface area contributed by atoms with E-state index in [1.165, 1.54) is 46.4 Å². The summed E-state index contributed by atoms with van der Waals surface area (Å²) in [7, 11) is 0. The molecule has 0 bridgehead atoms. The fraction of sp³-hybridized carbons (Fsp3) is 0.200. The summed E-state index contributed by atoms with van der Waals surface area (Å²) in [5.74, 6) is 0.105. The number of rotatable bonds is 7. The Hall–Kier alpha value is -4.69. The highest BCUT2D eigenvalue weighted by Gasteiger charge is 2.33. The quantitative estimate of drug-likeness (QED) is 0.168. The van der Waals surface area contributed by atoms with E-state index in [9.17, 15) is 22.8 Å². The van der Waals surface area contributed by atoms with Gasteiger partial charge in [0.15, 0.2) is 11.0 Å². The third-order valence-electron chi connectivity index (χ3n) is 6.54. The molecule has 0 aliphatic carbocycles. The second-order valence-corrected chi connectivity index (χ2v) is 11.4. The molecule has 232 valence electrons. The molecule has 3 aromatic carbocycles. The van der Waals surface area contributed by atoms with Gasteiger partial charge in [0.1, 0.15) is 12.1 Å². The van der Waals surface area contributed by atoms with Crippen LogP contribution in [-0.2, 0) is 4.79 Å². The molecule has 0 spiro atoms. The monoisotopic (exact) mass is 655 g/mol. The first kappa shape index (κ1) is 31.7. The number of benzene rings is 3. The number of thioether (sulfide) groups is 1. The minimum absolute atomic E-state index is 0.110. The van der Waals surface area contributed by atoms with E-state index in [4.69, 9.17) is 11.6 Å². The lowest BCUT2D eigenvalue weighted by Crippen LogP contribution is -2.31. The van der Waals surface area contributed by atoms with Crippen LogP contribution in [0.15, 0.2) is 77.1 Å². The fourth-order valence-corrected chi connectivity index (χ4v) is 5.45. The average molecular weight is 656 g/mol. The van der Waals surface area contributed by atoms with Crippen LogP contribution in [0, 0.1) is 6.92 Å². The Bertz CT molecular complexity index is 1810. The zero-order valence-electron chi connectivity index (χ0n) is 24.0. The molecule has 0 unspecified atom stereocenters. The molecule has 2 heterocycles. The number of nitrogens with one attached hydrogen (secondary N) is 1. The summed E-state index contributed by atoms with van der Waals surface area (Å²) in [6.45, 7) is 5.84. The summed E-state index contributed by atoms with van der Waals surface area (Å²) in [5, 5.41) is 9.12. The van der Waals surface area contributed by atoms with Crippen molar-refractivity contribution >= 4 is 52.4 Å². The fourth-order valence-electron chi connectivity index (χ4n) is 4.43. The summed E-state index contributed by atoms with van der Waals surface area (Å²) >= 11 is 7.36. The number of carbonyl (C=O) groups excluding carboxylic acids is 2. The van der Waals surface area contributed by atoms with E-state index in [-0.39, 0.29) is 28.5 Å². The Morgan fingerprint density at radius 1 is 1.13 bits per heavy atom. The van der Waals surface area contributed by atoms with Crippen LogP contribution in [0.3, 0.4) is 0 Å². The predicted octanol–water partition coefficient (Wildman–Crippen LogP) is 7.10. The van der Waals surface area contributed by atoms with E-state index < -0.39 is 12.4 Å². The van der Waals surface area contributed by atoms with E-state index in [0.717, 1.165) is 22.9 Å². The molecule has 1 fully saturated rings. The molecule has 0 atom stereocenters. The summed E-state index contributed by atoms with van der Waals surface area (Å²) < 4.78 is 42.6. The van der Waals surface area contributed by atoms with Gasteiger partial charge in [0.25, 0.3) is 0 Å². The number of ether oxygens (including phenoxy) is 1. The van der Waals surface area contributed by atoms with E-state index in [1.54, 1.807) is 24.3 Å². The van der Waals surface area contributed by atoms with Crippen molar-refractivity contribution in [3.8, 4) is 22.8 Å². The SMILES string of the molecule is Cc1cc(-c2ncn(-c3ccc(OC(F)(F)F)cc3)n2)ccc1/C=N/NC(=O)N=C1SCC(=O)N1c1cc(Cl)ccc1C(C)C. The first-order valence-electron chi connectivity index (χ1n) is 13.4. The highest BCUT2D eigenvalue weighted by molar-refractivity contribution is 8.15. The van der Waals surface area contributed by atoms with Crippen molar-refractivity contribution in [3.05, 3.63) is 88.7 Å². The molecule has 1 saturated heterocycles. The van der Waals surface area contributed by atoms with Crippen LogP contribution >= 0.6 is 23.4 Å². The maximum atomic E-state index is 12.7. The smallest absolute Gasteiger partial charge is 0.406 e. The normalized spacial score (nSPS) is 14.6. The van der Waals surface area contributed by atoms with Crippen LogP contribution in [0.5, 0.6) is 5.75 Å². The third-order valence-corrected chi connectivity index (χ3v) is 7.69. The van der Waals surface area contributed by atoms with Crippen LogP contribution in [0.4, 0.5) is 23.7 Å². The lowest BCUT2D eigenvalue weighted by molar-refractivity contribution is -0.274. The van der Waals surface area contributed by atoms with Crippen molar-refractivity contribution in [2.24, 2.45) is 10.1 Å². The second-order valence-electron chi connectivity index (χ2n) is 10.1. The molecule has 3 amide bonds. The number of urea groups is 1. The number of aliphatic imine (C=N–C) groups is 1. The number of aryl methyl sites for hydroxylation is 1. The minimum atomic E-state index is -4.77. The summed E-state index contributed by atoms with van der Waals surface area (Å²) in [4.78, 5) is 35.1. The molecule has 5 rings (SSSR count). The first-order valence-corrected chi connectivity index (χ1v) is 14.8. The van der Waals surface area contributed by atoms with Crippen molar-refractivity contribution in [2.45, 2.75) is 33.1 Å². The number of aromatic nitrogens is 3. The number of alkyl halides is 3. The van der Waals surface area contributed by atoms with Crippen molar-refractivity contribution in [3.63, 3.8) is 0 Å². The Balaban J connectivity index is 1.25. The van der Waals surface area contributed by atoms with Gasteiger partial charge in [0.2, 0.25) is 5.91 Å². The van der Waals surface area contributed by atoms with E-state index in [1.807, 2.05) is 32.9 Å². The van der Waals surface area contributed by atoms with Crippen molar-refractivity contribution in [1.82, 2.24) is 20.2 Å². The molecule has 1 aliphatic rings. The van der Waals surface area contributed by atoms with Gasteiger partial charge in [0, 0.05) is 10.6 Å². The minimum Gasteiger partial charge on any atom is -0.406 e. The number of hydrogen-bond acceptors (Lipinski definition) is 7. The number of halogens is 4. The van der Waals surface area contributed by atoms with Gasteiger partial charge in [-0.15, -0.1) is 18.3 Å². The number of hydrazone groups is 1. The van der Waals surface area contributed by atoms with Crippen LogP contribution in [0.2, 0.25) is 5.02 Å². The largest absolute Gasteiger partial charge is 0.573 e. The topological polar surface area (TPSA) is 114 Å². The number of amides is 3. The maximum absolute atomic E-state index is 12.7. The molecular weight excluding hydrogens is 631 g/mol. The van der Waals surface area contributed by atoms with Gasteiger partial charge >= 0.3 is 12.4 Å². The van der Waals surface area contributed by atoms with Crippen LogP contribution in [0.1, 0.15) is 36.5 Å². The Morgan fingerprint density at radius 2 is 1.89 bits per heavy atom. The molecule has 45 heavy (non-hydrogen) atoms. The highest BCUT2D eigenvalue weighted by Crippen LogP contribution is 2.35. The Labute approximate surface area is 265 Å². The number of nitrogens with zero attached hydrogens (tertiary/aromatic N) is 6. The molecule has 10 nitrogen and oxygen atoms in total. The van der Waals surface area contributed by atoms with Crippen LogP contribution in [-0.4, -0.2) is 50.2 Å². The molecule has 0 radical (unpaired) electrons. The van der Waals surface area contributed by atoms with Crippen molar-refractivity contribution in [1.29, 1.82) is 0 Å². The predicted molar refractivity (Wildman–Crippen MR) is 167 cm³/mol. The number of amidine groups is 1. The molecule has 1 N–H and O–H groups in total. The maximum Gasteiger partial charge on any atom is 0.573 e. The molecule has 1 aliphatic heterocycles. The van der Waals surface area contributed by atoms with Gasteiger partial charge in [-0.25, -0.2) is 19.9 Å². The molecule has 1 aromatic heterocycles. The number of hydrogen-bond donors (Lipinski definition) is 1. The van der Waals surface area contributed by atoms with E-state index in [2.05, 4.69) is 30.3 Å². The van der Waals surface area contributed by atoms with Crippen LogP contribution < -0.4 is 15.1 Å². The van der Waals surface area contributed by atoms with Gasteiger partial charge < -0.3 is 4.74 Å². The average Bonchev–Trinajstić information content (AvgIpc) is 3.60. The summed E-state index contributed by atoms with van der Waals surface area (Å²) in [5.41, 5.74) is 6.57. The lowest BCUT2D eigenvalue weighted by Gasteiger charge is -2.21. The Kier molecular flexibility index (Phi) is 9.25. The van der Waals surface area contributed by atoms with Gasteiger partial charge in [-0.05, 0) is 72.0 Å². The van der Waals surface area contributed by atoms with Gasteiger partial charge in [-0.2, -0.15) is 10.1 Å². The summed E-state index contributed by atoms with van der Waals surface area (Å²) in [6, 6.07) is 15.2. The molecular formula is C30H25ClF3N7O3S. The molecule has 15 heteroatoms. The zero-order chi connectivity index (χ0) is 32.3. The zero-order valence-corrected chi connectivity index (χ0v) is 25.6. The van der Waals surface area contributed by atoms with Crippen molar-refractivity contribution in [2.75, 3.05) is 10.7 Å². The van der Waals surface area contributed by atoms with Gasteiger partial charge in [0.05, 0.1) is 23.3 Å². The number of anilines is 1. The van der Waals surface area contributed by atoms with Crippen molar-refractivity contribution < 1.29 is 27.5 Å². The summed E-state index contributed by atoms with van der Waals surface area (Å²) in [6.07, 6.45) is -1.86. The standard InChI is InChI=1S/C30H25ClF3N7O3S/c1-17(2)24-11-6-21(31)13-25(24)41-26(42)15-45-29(41)37-28(43)38-36-14-20-5-4-19(12-18(20)3)27-35-16-40(39-27)22-7-9-23(10-8-22)44-30(32,33)34/h4-14,16-17H,15H2,1-3H3,(H,38,43)/b36-14+,37-29?. The van der Waals surface area contributed by atoms with E-state index in [0.29, 0.717) is 33.3 Å². The van der Waals surface area contributed by atoms with Gasteiger partial charge in [-0.3, -0.25) is 9.69 Å². The third kappa shape index (κ3) is 7.70. The number of carbonyl (C=O) groups is 2. The molecule has 4 aromatic rings. The lowest BCUT2D eigenvalue weighted by atomic mass is 10.0. The van der Waals surface area contributed by atoms with E-state index >= 15 is 0 Å². The second kappa shape index (κ2) is 13.1. The highest BCUT2D eigenvalue weighted by atomic mass is 35.5.